The maximum absolute atomic E-state index is 5.61. The summed E-state index contributed by atoms with van der Waals surface area (Å²) in [6.45, 7) is 0. The fraction of sp³-hybridized carbons (Fsp3) is 1.00. The second-order valence-corrected chi connectivity index (χ2v) is 3.56. The Morgan fingerprint density at radius 1 is 1.33 bits per heavy atom. The van der Waals surface area contributed by atoms with Gasteiger partial charge in [0.2, 0.25) is 0 Å². The average molecular weight is 187 g/mol. The van der Waals surface area contributed by atoms with Crippen LogP contribution < -0.4 is 0 Å². The van der Waals surface area contributed by atoms with Gasteiger partial charge >= 0.3 is 0 Å². The molecule has 0 atom stereocenters. The highest BCUT2D eigenvalue weighted by Crippen LogP contribution is 2.10. The third kappa shape index (κ3) is 5.38. The molecular formula is C6H12Cl2S. The number of rotatable bonds is 5. The van der Waals surface area contributed by atoms with Gasteiger partial charge in [0.05, 0.1) is 0 Å². The van der Waals surface area contributed by atoms with Crippen LogP contribution in [0, 0.1) is 5.92 Å². The van der Waals surface area contributed by atoms with Gasteiger partial charge in [-0.3, -0.25) is 0 Å². The van der Waals surface area contributed by atoms with Crippen molar-refractivity contribution < 1.29 is 0 Å². The van der Waals surface area contributed by atoms with Crippen molar-refractivity contribution >= 4 is 35.0 Å². The predicted octanol–water partition coefficient (Wildman–Crippen LogP) is 2.83. The monoisotopic (exact) mass is 186 g/mol. The largest absolute Gasteiger partial charge is 0.165 e. The van der Waals surface area contributed by atoms with E-state index in [-0.39, 0.29) is 0 Å². The third-order valence-electron chi connectivity index (χ3n) is 1.17. The highest BCUT2D eigenvalue weighted by Gasteiger charge is 2.03. The summed E-state index contributed by atoms with van der Waals surface area (Å²) in [6.07, 6.45) is 3.24. The van der Waals surface area contributed by atoms with Crippen LogP contribution in [0.25, 0.3) is 0 Å². The Bertz CT molecular complexity index is 55.0. The fourth-order valence-electron chi connectivity index (χ4n) is 0.480. The van der Waals surface area contributed by atoms with Crippen molar-refractivity contribution in [3.05, 3.63) is 0 Å². The molecule has 0 rings (SSSR count). The Kier molecular flexibility index (Phi) is 7.77. The average Bonchev–Trinajstić information content (AvgIpc) is 1.91. The summed E-state index contributed by atoms with van der Waals surface area (Å²) in [5.74, 6) is 3.08. The fourth-order valence-corrected chi connectivity index (χ4v) is 1.69. The zero-order valence-corrected chi connectivity index (χ0v) is 7.90. The van der Waals surface area contributed by atoms with Gasteiger partial charge in [0.15, 0.2) is 0 Å². The van der Waals surface area contributed by atoms with Gasteiger partial charge < -0.3 is 0 Å². The second-order valence-electron chi connectivity index (χ2n) is 1.96. The Hall–Kier alpha value is 0.930. The Morgan fingerprint density at radius 2 is 1.89 bits per heavy atom. The lowest BCUT2D eigenvalue weighted by Gasteiger charge is -2.06. The van der Waals surface area contributed by atoms with Crippen molar-refractivity contribution in [1.82, 2.24) is 0 Å². The maximum Gasteiger partial charge on any atom is 0.0263 e. The summed E-state index contributed by atoms with van der Waals surface area (Å²) in [5, 5.41) is 0. The van der Waals surface area contributed by atoms with Crippen LogP contribution >= 0.6 is 35.0 Å². The molecule has 0 spiro atoms. The number of alkyl halides is 2. The quantitative estimate of drug-likeness (QED) is 0.596. The van der Waals surface area contributed by atoms with Gasteiger partial charge in [-0.05, 0) is 24.3 Å². The van der Waals surface area contributed by atoms with E-state index in [1.165, 1.54) is 5.75 Å². The minimum absolute atomic E-state index is 0.515. The van der Waals surface area contributed by atoms with E-state index in [0.717, 1.165) is 6.42 Å². The molecule has 0 bridgehead atoms. The second kappa shape index (κ2) is 7.04. The van der Waals surface area contributed by atoms with Crippen molar-refractivity contribution in [2.75, 3.05) is 23.8 Å². The van der Waals surface area contributed by atoms with Crippen LogP contribution in [0.5, 0.6) is 0 Å². The van der Waals surface area contributed by atoms with E-state index in [4.69, 9.17) is 23.2 Å². The van der Waals surface area contributed by atoms with Crippen LogP contribution in [-0.4, -0.2) is 23.8 Å². The summed E-state index contributed by atoms with van der Waals surface area (Å²) < 4.78 is 0. The molecule has 0 radical (unpaired) electrons. The van der Waals surface area contributed by atoms with Crippen LogP contribution in [0.15, 0.2) is 0 Å². The zero-order chi connectivity index (χ0) is 7.11. The maximum atomic E-state index is 5.61. The first kappa shape index (κ1) is 9.93. The molecule has 0 amide bonds. The molecule has 0 aliphatic rings. The highest BCUT2D eigenvalue weighted by molar-refractivity contribution is 7.98. The SMILES string of the molecule is CSCCC(CCl)CCl. The van der Waals surface area contributed by atoms with Crippen molar-refractivity contribution in [2.24, 2.45) is 5.92 Å². The van der Waals surface area contributed by atoms with Gasteiger partial charge in [0.25, 0.3) is 0 Å². The number of hydrogen-bond acceptors (Lipinski definition) is 1. The summed E-state index contributed by atoms with van der Waals surface area (Å²) >= 11 is 13.1. The summed E-state index contributed by atoms with van der Waals surface area (Å²) in [6, 6.07) is 0. The molecule has 0 nitrogen and oxygen atoms in total. The van der Waals surface area contributed by atoms with Crippen molar-refractivity contribution in [3.8, 4) is 0 Å². The highest BCUT2D eigenvalue weighted by atomic mass is 35.5. The standard InChI is InChI=1S/C6H12Cl2S/c1-9-3-2-6(4-7)5-8/h6H,2-5H2,1H3. The summed E-state index contributed by atoms with van der Waals surface area (Å²) in [7, 11) is 0. The molecule has 0 aromatic rings. The molecule has 0 heterocycles. The van der Waals surface area contributed by atoms with Gasteiger partial charge in [-0.2, -0.15) is 11.8 Å². The van der Waals surface area contributed by atoms with Crippen molar-refractivity contribution in [3.63, 3.8) is 0 Å². The molecule has 3 heteroatoms. The summed E-state index contributed by atoms with van der Waals surface area (Å²) in [4.78, 5) is 0. The molecule has 0 fully saturated rings. The van der Waals surface area contributed by atoms with E-state index in [2.05, 4.69) is 6.26 Å². The van der Waals surface area contributed by atoms with E-state index in [0.29, 0.717) is 17.7 Å². The van der Waals surface area contributed by atoms with Crippen LogP contribution in [0.2, 0.25) is 0 Å². The lowest BCUT2D eigenvalue weighted by atomic mass is 10.2. The molecular weight excluding hydrogens is 175 g/mol. The van der Waals surface area contributed by atoms with Gasteiger partial charge in [-0.1, -0.05) is 0 Å². The molecule has 9 heavy (non-hydrogen) atoms. The molecule has 0 aliphatic carbocycles. The topological polar surface area (TPSA) is 0 Å². The number of hydrogen-bond donors (Lipinski definition) is 0. The number of halogens is 2. The third-order valence-corrected chi connectivity index (χ3v) is 2.68. The first-order valence-electron chi connectivity index (χ1n) is 2.96. The minimum Gasteiger partial charge on any atom is -0.165 e. The Balaban J connectivity index is 3.09. The molecule has 0 aromatic heterocycles. The van der Waals surface area contributed by atoms with Gasteiger partial charge in [-0.25, -0.2) is 0 Å². The van der Waals surface area contributed by atoms with Crippen molar-refractivity contribution in [1.29, 1.82) is 0 Å². The first-order valence-corrected chi connectivity index (χ1v) is 5.42. The van der Waals surface area contributed by atoms with Gasteiger partial charge in [-0.15, -0.1) is 23.2 Å². The van der Waals surface area contributed by atoms with Crippen LogP contribution in [0.4, 0.5) is 0 Å². The molecule has 0 aromatic carbocycles. The van der Waals surface area contributed by atoms with Gasteiger partial charge in [0, 0.05) is 11.8 Å². The lowest BCUT2D eigenvalue weighted by molar-refractivity contribution is 0.647. The normalized spacial score (nSPS) is 10.7. The van der Waals surface area contributed by atoms with E-state index in [9.17, 15) is 0 Å². The first-order chi connectivity index (χ1) is 4.35. The zero-order valence-electron chi connectivity index (χ0n) is 5.57. The van der Waals surface area contributed by atoms with Crippen molar-refractivity contribution in [2.45, 2.75) is 6.42 Å². The molecule has 0 unspecified atom stereocenters. The molecule has 0 aliphatic heterocycles. The predicted molar refractivity (Wildman–Crippen MR) is 47.9 cm³/mol. The van der Waals surface area contributed by atoms with E-state index >= 15 is 0 Å². The van der Waals surface area contributed by atoms with Crippen LogP contribution in [-0.2, 0) is 0 Å². The van der Waals surface area contributed by atoms with E-state index in [1.54, 1.807) is 0 Å². The molecule has 56 valence electrons. The van der Waals surface area contributed by atoms with Crippen LogP contribution in [0.3, 0.4) is 0 Å². The Morgan fingerprint density at radius 3 is 2.22 bits per heavy atom. The van der Waals surface area contributed by atoms with Crippen LogP contribution in [0.1, 0.15) is 6.42 Å². The van der Waals surface area contributed by atoms with Gasteiger partial charge in [0.1, 0.15) is 0 Å². The van der Waals surface area contributed by atoms with E-state index in [1.807, 2.05) is 11.8 Å². The minimum atomic E-state index is 0.515. The molecule has 0 saturated carbocycles. The number of thioether (sulfide) groups is 1. The smallest absolute Gasteiger partial charge is 0.0263 e. The Labute approximate surface area is 71.3 Å². The molecule has 0 N–H and O–H groups in total. The van der Waals surface area contributed by atoms with E-state index < -0.39 is 0 Å². The molecule has 0 saturated heterocycles. The lowest BCUT2D eigenvalue weighted by Crippen LogP contribution is -2.04. The summed E-state index contributed by atoms with van der Waals surface area (Å²) in [5.41, 5.74) is 0.